The molecule has 0 aliphatic carbocycles. The minimum Gasteiger partial charge on any atom is -0.460 e. The number of sulfone groups is 1. The van der Waals surface area contributed by atoms with Gasteiger partial charge < -0.3 is 9.64 Å². The van der Waals surface area contributed by atoms with Crippen LogP contribution in [0.5, 0.6) is 0 Å². The van der Waals surface area contributed by atoms with Gasteiger partial charge in [0.2, 0.25) is 0 Å². The Bertz CT molecular complexity index is 1350. The molecule has 0 saturated carbocycles. The highest BCUT2D eigenvalue weighted by molar-refractivity contribution is 7.92. The molecule has 1 atom stereocenters. The third-order valence-corrected chi connectivity index (χ3v) is 11.2. The molecule has 0 N–H and O–H groups in total. The molecule has 1 amide bonds. The molecule has 3 heterocycles. The van der Waals surface area contributed by atoms with Crippen molar-refractivity contribution in [3.63, 3.8) is 0 Å². The van der Waals surface area contributed by atoms with Crippen LogP contribution in [-0.2, 0) is 30.5 Å². The minimum atomic E-state index is -3.82. The lowest BCUT2D eigenvalue weighted by Gasteiger charge is -2.31. The number of hydrogen-bond donors (Lipinski definition) is 0. The molecule has 1 fully saturated rings. The molecule has 3 aromatic rings. The second kappa shape index (κ2) is 10.7. The molecule has 1 aromatic carbocycles. The summed E-state index contributed by atoms with van der Waals surface area (Å²) in [5.41, 5.74) is 2.04. The maximum atomic E-state index is 14.0. The van der Waals surface area contributed by atoms with Gasteiger partial charge in [-0.1, -0.05) is 31.2 Å². The molecule has 0 unspecified atom stereocenters. The summed E-state index contributed by atoms with van der Waals surface area (Å²) in [6, 6.07) is 13.7. The number of amides is 1. The highest BCUT2D eigenvalue weighted by Crippen LogP contribution is 2.45. The van der Waals surface area contributed by atoms with Gasteiger partial charge in [0.05, 0.1) is 17.7 Å². The van der Waals surface area contributed by atoms with E-state index in [4.69, 9.17) is 4.74 Å². The standard InChI is InChI=1S/C28H33NO5S3/c1-5-20-6-8-21(9-7-20)23-10-11-24(36-23)28(18-25(30)34-27(2,3)4)13-14-29(15-17-37(28,32)33)26(31)22-12-16-35-19-22/h6-12,16,19H,5,13-15,17-18H2,1-4H3/t28-/m0/s1. The average Bonchev–Trinajstić information content (AvgIpc) is 3.52. The summed E-state index contributed by atoms with van der Waals surface area (Å²) in [5.74, 6) is -0.965. The van der Waals surface area contributed by atoms with Crippen LogP contribution in [0.3, 0.4) is 0 Å². The van der Waals surface area contributed by atoms with Crippen molar-refractivity contribution in [3.8, 4) is 10.4 Å². The fourth-order valence-corrected chi connectivity index (χ4v) is 8.82. The Labute approximate surface area is 227 Å². The van der Waals surface area contributed by atoms with Gasteiger partial charge in [-0.2, -0.15) is 11.3 Å². The van der Waals surface area contributed by atoms with Gasteiger partial charge in [0.1, 0.15) is 10.3 Å². The Morgan fingerprint density at radius 3 is 2.41 bits per heavy atom. The molecule has 4 rings (SSSR count). The second-order valence-electron chi connectivity index (χ2n) is 10.3. The van der Waals surface area contributed by atoms with E-state index in [2.05, 4.69) is 19.1 Å². The number of ether oxygens (including phenoxy) is 1. The number of carbonyl (C=O) groups excluding carboxylic acids is 2. The van der Waals surface area contributed by atoms with Gasteiger partial charge in [-0.3, -0.25) is 9.59 Å². The number of benzene rings is 1. The largest absolute Gasteiger partial charge is 0.460 e. The van der Waals surface area contributed by atoms with Crippen molar-refractivity contribution >= 4 is 44.4 Å². The van der Waals surface area contributed by atoms with Crippen LogP contribution in [0, 0.1) is 0 Å². The molecule has 0 bridgehead atoms. The van der Waals surface area contributed by atoms with Crippen molar-refractivity contribution in [2.24, 2.45) is 0 Å². The number of nitrogens with zero attached hydrogens (tertiary/aromatic N) is 1. The first kappa shape index (κ1) is 27.5. The van der Waals surface area contributed by atoms with E-state index < -0.39 is 26.2 Å². The molecule has 0 spiro atoms. The SMILES string of the molecule is CCc1ccc(-c2ccc([C@@]3(CC(=O)OC(C)(C)C)CCN(C(=O)c4ccsc4)CCS3(=O)=O)s2)cc1. The zero-order chi connectivity index (χ0) is 26.8. The molecule has 198 valence electrons. The monoisotopic (exact) mass is 559 g/mol. The van der Waals surface area contributed by atoms with E-state index in [0.717, 1.165) is 16.9 Å². The maximum Gasteiger partial charge on any atom is 0.308 e. The van der Waals surface area contributed by atoms with Crippen LogP contribution in [0.2, 0.25) is 0 Å². The van der Waals surface area contributed by atoms with Gasteiger partial charge in [0.15, 0.2) is 9.84 Å². The van der Waals surface area contributed by atoms with E-state index in [9.17, 15) is 18.0 Å². The lowest BCUT2D eigenvalue weighted by atomic mass is 9.97. The van der Waals surface area contributed by atoms with E-state index in [1.807, 2.05) is 29.6 Å². The summed E-state index contributed by atoms with van der Waals surface area (Å²) in [6.45, 7) is 7.72. The van der Waals surface area contributed by atoms with Gasteiger partial charge in [-0.15, -0.1) is 11.3 Å². The summed E-state index contributed by atoms with van der Waals surface area (Å²) >= 11 is 2.82. The molecular formula is C28H33NO5S3. The molecule has 9 heteroatoms. The smallest absolute Gasteiger partial charge is 0.308 e. The fraction of sp³-hybridized carbons (Fsp3) is 0.429. The van der Waals surface area contributed by atoms with Gasteiger partial charge >= 0.3 is 5.97 Å². The van der Waals surface area contributed by atoms with Gasteiger partial charge in [0, 0.05) is 28.2 Å². The molecule has 2 aromatic heterocycles. The van der Waals surface area contributed by atoms with Crippen molar-refractivity contribution in [2.45, 2.75) is 57.3 Å². The molecule has 1 aliphatic heterocycles. The summed E-state index contributed by atoms with van der Waals surface area (Å²) in [6.07, 6.45) is 0.773. The lowest BCUT2D eigenvalue weighted by molar-refractivity contribution is -0.155. The number of carbonyl (C=O) groups is 2. The van der Waals surface area contributed by atoms with Gasteiger partial charge in [-0.05, 0) is 68.3 Å². The van der Waals surface area contributed by atoms with E-state index >= 15 is 0 Å². The van der Waals surface area contributed by atoms with E-state index in [0.29, 0.717) is 10.4 Å². The Morgan fingerprint density at radius 1 is 1.05 bits per heavy atom. The summed E-state index contributed by atoms with van der Waals surface area (Å²) in [4.78, 5) is 29.3. The van der Waals surface area contributed by atoms with Crippen molar-refractivity contribution in [3.05, 3.63) is 69.2 Å². The van der Waals surface area contributed by atoms with Crippen LogP contribution >= 0.6 is 22.7 Å². The summed E-state index contributed by atoms with van der Waals surface area (Å²) < 4.78 is 32.1. The molecule has 6 nitrogen and oxygen atoms in total. The first-order valence-electron chi connectivity index (χ1n) is 12.4. The van der Waals surface area contributed by atoms with Gasteiger partial charge in [0.25, 0.3) is 5.91 Å². The third kappa shape index (κ3) is 5.99. The van der Waals surface area contributed by atoms with Crippen molar-refractivity contribution in [2.75, 3.05) is 18.8 Å². The Morgan fingerprint density at radius 2 is 1.78 bits per heavy atom. The summed E-state index contributed by atoms with van der Waals surface area (Å²) in [7, 11) is -3.82. The van der Waals surface area contributed by atoms with Crippen LogP contribution in [0.4, 0.5) is 0 Å². The minimum absolute atomic E-state index is 0.0871. The Hall–Kier alpha value is -2.49. The van der Waals surface area contributed by atoms with E-state index in [-0.39, 0.29) is 37.6 Å². The first-order valence-corrected chi connectivity index (χ1v) is 15.8. The van der Waals surface area contributed by atoms with Crippen LogP contribution < -0.4 is 0 Å². The van der Waals surface area contributed by atoms with Crippen molar-refractivity contribution in [1.29, 1.82) is 0 Å². The number of hydrogen-bond acceptors (Lipinski definition) is 7. The number of esters is 1. The predicted octanol–water partition coefficient (Wildman–Crippen LogP) is 5.93. The Balaban J connectivity index is 1.73. The van der Waals surface area contributed by atoms with Crippen LogP contribution in [0.15, 0.2) is 53.2 Å². The third-order valence-electron chi connectivity index (χ3n) is 6.62. The predicted molar refractivity (Wildman–Crippen MR) is 150 cm³/mol. The highest BCUT2D eigenvalue weighted by atomic mass is 32.2. The van der Waals surface area contributed by atoms with E-state index in [1.54, 1.807) is 37.1 Å². The lowest BCUT2D eigenvalue weighted by Crippen LogP contribution is -2.40. The van der Waals surface area contributed by atoms with Crippen LogP contribution in [0.25, 0.3) is 10.4 Å². The molecule has 1 saturated heterocycles. The zero-order valence-electron chi connectivity index (χ0n) is 21.7. The van der Waals surface area contributed by atoms with Crippen molar-refractivity contribution < 1.29 is 22.7 Å². The Kier molecular flexibility index (Phi) is 7.97. The fourth-order valence-electron chi connectivity index (χ4n) is 4.60. The number of aryl methyl sites for hydroxylation is 1. The van der Waals surface area contributed by atoms with Gasteiger partial charge in [-0.25, -0.2) is 8.42 Å². The van der Waals surface area contributed by atoms with Crippen LogP contribution in [-0.4, -0.2) is 49.6 Å². The van der Waals surface area contributed by atoms with E-state index in [1.165, 1.54) is 28.2 Å². The topological polar surface area (TPSA) is 80.8 Å². The normalized spacial score (nSPS) is 19.8. The average molecular weight is 560 g/mol. The second-order valence-corrected chi connectivity index (χ2v) is 14.6. The summed E-state index contributed by atoms with van der Waals surface area (Å²) in [5, 5.41) is 3.60. The first-order chi connectivity index (χ1) is 17.4. The quantitative estimate of drug-likeness (QED) is 0.350. The van der Waals surface area contributed by atoms with Crippen molar-refractivity contribution in [1.82, 2.24) is 4.90 Å². The molecule has 37 heavy (non-hydrogen) atoms. The number of rotatable bonds is 6. The highest BCUT2D eigenvalue weighted by Gasteiger charge is 2.50. The molecule has 1 aliphatic rings. The number of thiophene rings is 2. The zero-order valence-corrected chi connectivity index (χ0v) is 24.1. The van der Waals surface area contributed by atoms with Crippen LogP contribution in [0.1, 0.15) is 61.3 Å². The maximum absolute atomic E-state index is 14.0. The molecular weight excluding hydrogens is 527 g/mol. The molecule has 0 radical (unpaired) electrons.